The summed E-state index contributed by atoms with van der Waals surface area (Å²) in [6.07, 6.45) is 0. The Bertz CT molecular complexity index is 684. The molecule has 0 saturated heterocycles. The molecule has 0 aliphatic carbocycles. The van der Waals surface area contributed by atoms with E-state index in [0.717, 1.165) is 18.2 Å². The fourth-order valence-electron chi connectivity index (χ4n) is 1.29. The maximum Gasteiger partial charge on any atom is 0.293 e. The first kappa shape index (κ1) is 16.9. The second-order valence-corrected chi connectivity index (χ2v) is 6.82. The molecule has 0 aromatic heterocycles. The van der Waals surface area contributed by atoms with Crippen molar-refractivity contribution in [3.05, 3.63) is 28.3 Å². The van der Waals surface area contributed by atoms with E-state index in [1.807, 2.05) is 0 Å². The van der Waals surface area contributed by atoms with Crippen molar-refractivity contribution >= 4 is 27.3 Å². The zero-order chi connectivity index (χ0) is 16.4. The monoisotopic (exact) mass is 316 g/mol. The summed E-state index contributed by atoms with van der Waals surface area (Å²) in [6, 6.07) is 3.13. The van der Waals surface area contributed by atoms with Crippen LogP contribution in [0.3, 0.4) is 0 Å². The van der Waals surface area contributed by atoms with Crippen molar-refractivity contribution in [3.8, 4) is 0 Å². The van der Waals surface area contributed by atoms with Gasteiger partial charge in [-0.25, -0.2) is 13.1 Å². The first-order valence-corrected chi connectivity index (χ1v) is 7.29. The third kappa shape index (κ3) is 3.89. The third-order valence-corrected chi connectivity index (χ3v) is 4.28. The molecule has 0 bridgehead atoms. The van der Waals surface area contributed by atoms with E-state index in [4.69, 9.17) is 11.5 Å². The number of carbonyl (C=O) groups excluding carboxylic acids is 1. The van der Waals surface area contributed by atoms with Gasteiger partial charge in [0.1, 0.15) is 5.69 Å². The average Bonchev–Trinajstić information content (AvgIpc) is 2.36. The molecule has 0 heterocycles. The smallest absolute Gasteiger partial charge is 0.293 e. The number of nitrogens with one attached hydrogen (secondary N) is 1. The summed E-state index contributed by atoms with van der Waals surface area (Å²) in [6.45, 7) is 2.72. The molecule has 9 nitrogen and oxygen atoms in total. The number of nitrogen functional groups attached to an aromatic ring is 1. The highest BCUT2D eigenvalue weighted by molar-refractivity contribution is 7.89. The maximum absolute atomic E-state index is 12.1. The molecule has 1 aromatic carbocycles. The van der Waals surface area contributed by atoms with Crippen LogP contribution in [0.2, 0.25) is 0 Å². The molecule has 0 fully saturated rings. The van der Waals surface area contributed by atoms with Gasteiger partial charge in [-0.05, 0) is 26.0 Å². The predicted octanol–water partition coefficient (Wildman–Crippen LogP) is -0.0332. The number of nitro benzene ring substituents is 1. The summed E-state index contributed by atoms with van der Waals surface area (Å²) in [5.41, 5.74) is 8.80. The number of carbonyl (C=O) groups is 1. The van der Waals surface area contributed by atoms with Gasteiger partial charge in [0.2, 0.25) is 15.9 Å². The van der Waals surface area contributed by atoms with Gasteiger partial charge in [-0.1, -0.05) is 0 Å². The normalized spacial score (nSPS) is 12.1. The Morgan fingerprint density at radius 2 is 2.00 bits per heavy atom. The van der Waals surface area contributed by atoms with Gasteiger partial charge >= 0.3 is 0 Å². The number of nitrogens with two attached hydrogens (primary N) is 2. The van der Waals surface area contributed by atoms with E-state index < -0.39 is 32.0 Å². The van der Waals surface area contributed by atoms with Crippen molar-refractivity contribution < 1.29 is 18.1 Å². The third-order valence-electron chi connectivity index (χ3n) is 2.88. The fraction of sp³-hybridized carbons (Fsp3) is 0.364. The van der Waals surface area contributed by atoms with E-state index in [1.165, 1.54) is 13.8 Å². The Balaban J connectivity index is 3.07. The highest BCUT2D eigenvalue weighted by atomic mass is 32.2. The molecule has 1 amide bonds. The maximum atomic E-state index is 12.1. The first-order chi connectivity index (χ1) is 9.47. The van der Waals surface area contributed by atoms with Gasteiger partial charge in [0, 0.05) is 12.6 Å². The van der Waals surface area contributed by atoms with Crippen molar-refractivity contribution in [2.24, 2.45) is 11.1 Å². The number of hydrogen-bond acceptors (Lipinski definition) is 6. The van der Waals surface area contributed by atoms with Gasteiger partial charge in [-0.15, -0.1) is 0 Å². The van der Waals surface area contributed by atoms with Gasteiger partial charge in [-0.3, -0.25) is 14.9 Å². The standard InChI is InChI=1S/C11H16N4O5S/c1-11(2,10(13)16)6-14-21(19,20)7-3-4-8(12)9(5-7)15(17)18/h3-5,14H,6,12H2,1-2H3,(H2,13,16). The Morgan fingerprint density at radius 1 is 1.43 bits per heavy atom. The molecule has 0 saturated carbocycles. The van der Waals surface area contributed by atoms with Crippen LogP contribution in [0.25, 0.3) is 0 Å². The van der Waals surface area contributed by atoms with Crippen molar-refractivity contribution in [1.82, 2.24) is 4.72 Å². The number of anilines is 1. The minimum absolute atomic E-state index is 0.142. The lowest BCUT2D eigenvalue weighted by atomic mass is 9.93. The van der Waals surface area contributed by atoms with Crippen LogP contribution >= 0.6 is 0 Å². The summed E-state index contributed by atoms with van der Waals surface area (Å²) >= 11 is 0. The molecule has 0 unspecified atom stereocenters. The van der Waals surface area contributed by atoms with Crippen LogP contribution < -0.4 is 16.2 Å². The summed E-state index contributed by atoms with van der Waals surface area (Å²) in [7, 11) is -4.02. The highest BCUT2D eigenvalue weighted by Gasteiger charge is 2.28. The summed E-state index contributed by atoms with van der Waals surface area (Å²) in [5.74, 6) is -0.673. The van der Waals surface area contributed by atoms with Crippen molar-refractivity contribution in [3.63, 3.8) is 0 Å². The molecule has 0 aliphatic heterocycles. The predicted molar refractivity (Wildman–Crippen MR) is 75.7 cm³/mol. The van der Waals surface area contributed by atoms with E-state index in [2.05, 4.69) is 4.72 Å². The number of nitrogens with zero attached hydrogens (tertiary/aromatic N) is 1. The molecule has 1 aromatic rings. The van der Waals surface area contributed by atoms with Crippen molar-refractivity contribution in [1.29, 1.82) is 0 Å². The summed E-state index contributed by atoms with van der Waals surface area (Å²) in [5, 5.41) is 10.8. The largest absolute Gasteiger partial charge is 0.393 e. The Hall–Kier alpha value is -2.20. The van der Waals surface area contributed by atoms with Crippen molar-refractivity contribution in [2.75, 3.05) is 12.3 Å². The lowest BCUT2D eigenvalue weighted by Crippen LogP contribution is -2.42. The zero-order valence-corrected chi connectivity index (χ0v) is 12.3. The van der Waals surface area contributed by atoms with Crippen LogP contribution in [-0.4, -0.2) is 25.8 Å². The van der Waals surface area contributed by atoms with Gasteiger partial charge in [0.15, 0.2) is 0 Å². The molecular weight excluding hydrogens is 300 g/mol. The van der Waals surface area contributed by atoms with Crippen LogP contribution in [0.4, 0.5) is 11.4 Å². The second kappa shape index (κ2) is 5.66. The molecule has 21 heavy (non-hydrogen) atoms. The SMILES string of the molecule is CC(C)(CNS(=O)(=O)c1ccc(N)c([N+](=O)[O-])c1)C(N)=O. The molecule has 0 aliphatic rings. The van der Waals surface area contributed by atoms with E-state index in [-0.39, 0.29) is 17.1 Å². The van der Waals surface area contributed by atoms with Crippen LogP contribution in [-0.2, 0) is 14.8 Å². The topological polar surface area (TPSA) is 158 Å². The number of nitro groups is 1. The first-order valence-electron chi connectivity index (χ1n) is 5.81. The average molecular weight is 316 g/mol. The van der Waals surface area contributed by atoms with Gasteiger partial charge in [0.25, 0.3) is 5.69 Å². The van der Waals surface area contributed by atoms with Crippen LogP contribution in [0.15, 0.2) is 23.1 Å². The van der Waals surface area contributed by atoms with Crippen molar-refractivity contribution in [2.45, 2.75) is 18.7 Å². The second-order valence-electron chi connectivity index (χ2n) is 5.05. The zero-order valence-electron chi connectivity index (χ0n) is 11.5. The van der Waals surface area contributed by atoms with E-state index in [0.29, 0.717) is 0 Å². The minimum Gasteiger partial charge on any atom is -0.393 e. The van der Waals surface area contributed by atoms with Crippen LogP contribution in [0.1, 0.15) is 13.8 Å². The lowest BCUT2D eigenvalue weighted by molar-refractivity contribution is -0.384. The molecule has 0 spiro atoms. The fourth-order valence-corrected chi connectivity index (χ4v) is 2.53. The van der Waals surface area contributed by atoms with Gasteiger partial charge in [-0.2, -0.15) is 0 Å². The molecule has 116 valence electrons. The molecule has 1 rings (SSSR count). The quantitative estimate of drug-likeness (QED) is 0.379. The number of rotatable bonds is 6. The Morgan fingerprint density at radius 3 is 2.48 bits per heavy atom. The number of sulfonamides is 1. The van der Waals surface area contributed by atoms with Crippen LogP contribution in [0.5, 0.6) is 0 Å². The molecule has 10 heteroatoms. The molecular formula is C11H16N4O5S. The highest BCUT2D eigenvalue weighted by Crippen LogP contribution is 2.25. The summed E-state index contributed by atoms with van der Waals surface area (Å²) in [4.78, 5) is 20.8. The number of primary amides is 1. The Kier molecular flexibility index (Phi) is 4.54. The van der Waals surface area contributed by atoms with E-state index >= 15 is 0 Å². The number of hydrogen-bond donors (Lipinski definition) is 3. The molecule has 0 atom stereocenters. The Labute approximate surface area is 121 Å². The van der Waals surface area contributed by atoms with E-state index in [9.17, 15) is 23.3 Å². The van der Waals surface area contributed by atoms with Crippen LogP contribution in [0, 0.1) is 15.5 Å². The van der Waals surface area contributed by atoms with E-state index in [1.54, 1.807) is 0 Å². The molecule has 0 radical (unpaired) electrons. The summed E-state index contributed by atoms with van der Waals surface area (Å²) < 4.78 is 26.3. The van der Waals surface area contributed by atoms with Gasteiger partial charge in [0.05, 0.1) is 15.2 Å². The number of amides is 1. The number of benzene rings is 1. The lowest BCUT2D eigenvalue weighted by Gasteiger charge is -2.20. The minimum atomic E-state index is -4.02. The van der Waals surface area contributed by atoms with Gasteiger partial charge < -0.3 is 11.5 Å². The molecule has 5 N–H and O–H groups in total.